The molecule has 0 aliphatic heterocycles. The average Bonchev–Trinajstić information content (AvgIpc) is 3.85. The van der Waals surface area contributed by atoms with Crippen molar-refractivity contribution in [2.45, 2.75) is 222 Å². The van der Waals surface area contributed by atoms with Crippen LogP contribution in [0.4, 0.5) is 0 Å². The van der Waals surface area contributed by atoms with E-state index in [0.29, 0.717) is 32.1 Å². The summed E-state index contributed by atoms with van der Waals surface area (Å²) in [7, 11) is 1.94. The van der Waals surface area contributed by atoms with E-state index in [0.717, 1.165) is 103 Å². The van der Waals surface area contributed by atoms with Crippen LogP contribution in [0.5, 0.6) is 0 Å². The second-order valence-corrected chi connectivity index (χ2v) is 19.3. The minimum Gasteiger partial charge on any atom is -0.461 e. The monoisotopic (exact) mass is 1010 g/mol. The molecule has 0 aliphatic carbocycles. The molecule has 0 fully saturated rings. The second kappa shape index (κ2) is 44.2. The van der Waals surface area contributed by atoms with Gasteiger partial charge in [0.1, 0.15) is 26.4 Å². The summed E-state index contributed by atoms with van der Waals surface area (Å²) in [5.41, 5.74) is 0. The van der Waals surface area contributed by atoms with Gasteiger partial charge in [-0.1, -0.05) is 158 Å². The number of hydrogen-bond acceptors (Lipinski definition) is 14. The highest BCUT2D eigenvalue weighted by molar-refractivity contribution is 5.74. The fourth-order valence-electron chi connectivity index (χ4n) is 7.37. The molecule has 1 heterocycles. The highest BCUT2D eigenvalue weighted by Crippen LogP contribution is 2.17. The Balaban J connectivity index is 0.00000753. The number of nitrogens with zero attached hydrogens (tertiary/aromatic N) is 3. The number of carbonyl (C=O) groups excluding carboxylic acids is 7. The molecular formula is C55H97N3O13. The fraction of sp³-hybridized carbons (Fsp3) is 0.818. The van der Waals surface area contributed by atoms with E-state index in [-0.39, 0.29) is 88.9 Å². The molecule has 1 rings (SSSR count). The summed E-state index contributed by atoms with van der Waals surface area (Å²) in [5, 5.41) is 0. The van der Waals surface area contributed by atoms with Crippen LogP contribution in [0, 0.1) is 23.7 Å². The van der Waals surface area contributed by atoms with Gasteiger partial charge in [0.15, 0.2) is 12.2 Å². The highest BCUT2D eigenvalue weighted by Gasteiger charge is 2.25. The molecule has 71 heavy (non-hydrogen) atoms. The number of amides is 1. The molecule has 0 N–H and O–H groups in total. The number of unbranched alkanes of at least 4 members (excludes halogenated alkanes) is 12. The molecule has 0 saturated carbocycles. The van der Waals surface area contributed by atoms with Gasteiger partial charge in [0, 0.05) is 45.4 Å². The lowest BCUT2D eigenvalue weighted by Crippen LogP contribution is -2.33. The van der Waals surface area contributed by atoms with Crippen molar-refractivity contribution in [1.82, 2.24) is 14.5 Å². The number of aryl methyl sites for hydroxylation is 1. The fourth-order valence-corrected chi connectivity index (χ4v) is 7.37. The van der Waals surface area contributed by atoms with Crippen molar-refractivity contribution in [2.75, 3.05) is 39.5 Å². The Morgan fingerprint density at radius 3 is 1.03 bits per heavy atom. The predicted octanol–water partition coefficient (Wildman–Crippen LogP) is 10.8. The Hall–Kier alpha value is -4.50. The van der Waals surface area contributed by atoms with Gasteiger partial charge in [0.25, 0.3) is 0 Å². The number of aromatic nitrogens is 2. The van der Waals surface area contributed by atoms with E-state index < -0.39 is 48.0 Å². The van der Waals surface area contributed by atoms with Crippen LogP contribution in [-0.4, -0.2) is 108 Å². The maximum absolute atomic E-state index is 13.0. The van der Waals surface area contributed by atoms with Crippen LogP contribution in [0.15, 0.2) is 18.7 Å². The van der Waals surface area contributed by atoms with E-state index in [1.807, 2.05) is 45.5 Å². The van der Waals surface area contributed by atoms with Gasteiger partial charge in [-0.25, -0.2) is 4.98 Å². The van der Waals surface area contributed by atoms with Crippen LogP contribution in [0.2, 0.25) is 0 Å². The third-order valence-corrected chi connectivity index (χ3v) is 12.3. The molecule has 1 aromatic heterocycles. The minimum absolute atomic E-state index is 0.0553. The van der Waals surface area contributed by atoms with Crippen molar-refractivity contribution in [3.8, 4) is 0 Å². The number of hydrogen-bond donors (Lipinski definition) is 0. The van der Waals surface area contributed by atoms with Crippen molar-refractivity contribution in [2.24, 2.45) is 30.7 Å². The molecule has 4 atom stereocenters. The maximum atomic E-state index is 13.0. The van der Waals surface area contributed by atoms with E-state index in [4.69, 9.17) is 28.4 Å². The van der Waals surface area contributed by atoms with Crippen LogP contribution >= 0.6 is 0 Å². The van der Waals surface area contributed by atoms with Gasteiger partial charge < -0.3 is 37.9 Å². The molecule has 410 valence electrons. The lowest BCUT2D eigenvalue weighted by Gasteiger charge is -2.21. The normalized spacial score (nSPS) is 13.5. The first-order valence-electron chi connectivity index (χ1n) is 27.3. The van der Waals surface area contributed by atoms with Gasteiger partial charge in [-0.2, -0.15) is 0 Å². The molecule has 16 heteroatoms. The van der Waals surface area contributed by atoms with Crippen LogP contribution in [0.3, 0.4) is 0 Å². The Morgan fingerprint density at radius 2 is 0.803 bits per heavy atom. The van der Waals surface area contributed by atoms with Crippen LogP contribution in [0.25, 0.3) is 0 Å². The van der Waals surface area contributed by atoms with E-state index in [9.17, 15) is 33.6 Å². The van der Waals surface area contributed by atoms with E-state index in [1.54, 1.807) is 12.5 Å². The number of imidazole rings is 1. The lowest BCUT2D eigenvalue weighted by atomic mass is 10.0. The Bertz CT molecular complexity index is 1380. The maximum Gasteiger partial charge on any atom is 0.308 e. The topological polar surface area (TPSA) is 196 Å². The largest absolute Gasteiger partial charge is 0.461 e. The van der Waals surface area contributed by atoms with Crippen LogP contribution < -0.4 is 0 Å². The Kier molecular flexibility index (Phi) is 41.4. The van der Waals surface area contributed by atoms with Gasteiger partial charge in [0.2, 0.25) is 6.41 Å². The van der Waals surface area contributed by atoms with Crippen molar-refractivity contribution in [1.29, 1.82) is 0 Å². The Labute approximate surface area is 428 Å². The molecule has 0 spiro atoms. The molecule has 4 unspecified atom stereocenters. The zero-order valence-corrected chi connectivity index (χ0v) is 45.6. The number of esters is 6. The molecule has 0 aromatic carbocycles. The van der Waals surface area contributed by atoms with E-state index in [2.05, 4.69) is 32.7 Å². The number of ether oxygens (including phenoxy) is 6. The van der Waals surface area contributed by atoms with Crippen molar-refractivity contribution in [3.05, 3.63) is 18.7 Å². The van der Waals surface area contributed by atoms with Gasteiger partial charge >= 0.3 is 35.8 Å². The first kappa shape index (κ1) is 66.5. The Morgan fingerprint density at radius 1 is 0.493 bits per heavy atom. The second-order valence-electron chi connectivity index (χ2n) is 19.3. The van der Waals surface area contributed by atoms with Crippen LogP contribution in [0.1, 0.15) is 209 Å². The van der Waals surface area contributed by atoms with Gasteiger partial charge in [-0.05, 0) is 38.5 Å². The summed E-state index contributed by atoms with van der Waals surface area (Å²) in [6, 6.07) is 0. The van der Waals surface area contributed by atoms with Crippen molar-refractivity contribution < 1.29 is 62.0 Å². The third-order valence-electron chi connectivity index (χ3n) is 12.3. The first-order chi connectivity index (χ1) is 34.1. The molecule has 0 bridgehead atoms. The summed E-state index contributed by atoms with van der Waals surface area (Å²) in [6.45, 7) is 15.1. The number of carbonyl (C=O) groups is 7. The van der Waals surface area contributed by atoms with Crippen LogP contribution in [-0.2, 0) is 69.0 Å². The molecular weight excluding hydrogens is 911 g/mol. The summed E-state index contributed by atoms with van der Waals surface area (Å²) in [6.07, 6.45) is 23.7. The molecule has 0 saturated heterocycles. The zero-order valence-electron chi connectivity index (χ0n) is 45.6. The molecule has 0 radical (unpaired) electrons. The molecule has 1 aromatic rings. The predicted molar refractivity (Wildman–Crippen MR) is 275 cm³/mol. The smallest absolute Gasteiger partial charge is 0.308 e. The summed E-state index contributed by atoms with van der Waals surface area (Å²) >= 11 is 0. The SMILES string of the molecule is CCCCCCC(C)C(=O)OCC(COC(=O)C(C)CCCCCC)OC(=O)CCCN(C=O)CCCC(=O)OC(COC(=O)C(C)CCCCCC)COC(=O)C(C)CCCCCC.Cn1ccnc1. The van der Waals surface area contributed by atoms with Crippen molar-refractivity contribution >= 4 is 42.2 Å². The molecule has 16 nitrogen and oxygen atoms in total. The number of rotatable bonds is 43. The lowest BCUT2D eigenvalue weighted by molar-refractivity contribution is -0.169. The summed E-state index contributed by atoms with van der Waals surface area (Å²) < 4.78 is 35.2. The quantitative estimate of drug-likeness (QED) is 0.0259. The molecule has 1 amide bonds. The minimum atomic E-state index is -0.989. The average molecular weight is 1010 g/mol. The van der Waals surface area contributed by atoms with Gasteiger partial charge in [-0.3, -0.25) is 33.6 Å². The van der Waals surface area contributed by atoms with Gasteiger partial charge in [-0.15, -0.1) is 0 Å². The van der Waals surface area contributed by atoms with E-state index in [1.165, 1.54) is 4.90 Å². The molecule has 0 aliphatic rings. The third kappa shape index (κ3) is 37.0. The van der Waals surface area contributed by atoms with Crippen molar-refractivity contribution in [3.63, 3.8) is 0 Å². The first-order valence-corrected chi connectivity index (χ1v) is 27.3. The van der Waals surface area contributed by atoms with Gasteiger partial charge in [0.05, 0.1) is 30.0 Å². The zero-order chi connectivity index (χ0) is 53.1. The summed E-state index contributed by atoms with van der Waals surface area (Å²) in [4.78, 5) is 94.0. The highest BCUT2D eigenvalue weighted by atomic mass is 16.6. The summed E-state index contributed by atoms with van der Waals surface area (Å²) in [5.74, 6) is -4.08. The standard InChI is InChI=1S/C51H91NO13.C4H6N2/c1-9-13-17-21-27-40(5)48(56)60-35-44(36-61-49(57)41(6)28-22-18-14-10-2)64-46(54)31-25-33-52(39-53)34-26-32-47(55)65-45(37-62-50(58)42(7)29-23-19-15-11-3)38-63-51(59)43(8)30-24-20-16-12-4;1-6-3-2-5-4-6/h39-45H,9-38H2,1-8H3;2-4H,1H3. The van der Waals surface area contributed by atoms with E-state index >= 15 is 0 Å².